The predicted octanol–water partition coefficient (Wildman–Crippen LogP) is 1.54. The molecule has 88 valence electrons. The lowest BCUT2D eigenvalue weighted by molar-refractivity contribution is 0.0538. The van der Waals surface area contributed by atoms with E-state index in [9.17, 15) is 4.79 Å². The third-order valence-electron chi connectivity index (χ3n) is 2.53. The number of hydrogen-bond donors (Lipinski definition) is 1. The molecule has 2 rings (SSSR count). The van der Waals surface area contributed by atoms with Crippen molar-refractivity contribution in [2.45, 2.75) is 13.8 Å². The summed E-state index contributed by atoms with van der Waals surface area (Å²) < 4.78 is 0. The van der Waals surface area contributed by atoms with E-state index < -0.39 is 0 Å². The molecule has 0 saturated carbocycles. The van der Waals surface area contributed by atoms with Gasteiger partial charge in [-0.05, 0) is 32.0 Å². The van der Waals surface area contributed by atoms with Gasteiger partial charge in [-0.3, -0.25) is 9.63 Å². The Morgan fingerprint density at radius 1 is 1.18 bits per heavy atom. The van der Waals surface area contributed by atoms with Gasteiger partial charge in [-0.15, -0.1) is 0 Å². The van der Waals surface area contributed by atoms with Crippen molar-refractivity contribution < 1.29 is 9.63 Å². The minimum Gasteiger partial charge on any atom is -0.277 e. The molecule has 1 N–H and O–H groups in total. The molecule has 17 heavy (non-hydrogen) atoms. The second-order valence-corrected chi connectivity index (χ2v) is 3.73. The standard InChI is InChI=1S/C12H13N3O2/c1-7-8(2)14-11-6-9(12(16)15-17-3)4-5-10(11)13-7/h4-6H,1-3H3,(H,15,16). The lowest BCUT2D eigenvalue weighted by Crippen LogP contribution is -2.21. The minimum absolute atomic E-state index is 0.297. The number of carbonyl (C=O) groups excluding carboxylic acids is 1. The Kier molecular flexibility index (Phi) is 3.01. The summed E-state index contributed by atoms with van der Waals surface area (Å²) in [5.74, 6) is -0.297. The first-order chi connectivity index (χ1) is 8.11. The Labute approximate surface area is 98.8 Å². The van der Waals surface area contributed by atoms with Crippen molar-refractivity contribution in [1.29, 1.82) is 0 Å². The van der Waals surface area contributed by atoms with E-state index in [1.54, 1.807) is 18.2 Å². The first-order valence-electron chi connectivity index (χ1n) is 5.20. The Balaban J connectivity index is 2.50. The number of nitrogens with zero attached hydrogens (tertiary/aromatic N) is 2. The number of aromatic nitrogens is 2. The molecule has 1 amide bonds. The Morgan fingerprint density at radius 2 is 1.82 bits per heavy atom. The molecular formula is C12H13N3O2. The third kappa shape index (κ3) is 2.24. The van der Waals surface area contributed by atoms with E-state index in [-0.39, 0.29) is 5.91 Å². The van der Waals surface area contributed by atoms with Gasteiger partial charge in [-0.1, -0.05) is 0 Å². The van der Waals surface area contributed by atoms with E-state index in [2.05, 4.69) is 20.3 Å². The van der Waals surface area contributed by atoms with Crippen molar-refractivity contribution in [3.05, 3.63) is 35.2 Å². The van der Waals surface area contributed by atoms with Crippen LogP contribution in [-0.4, -0.2) is 23.0 Å². The van der Waals surface area contributed by atoms with Gasteiger partial charge in [0.15, 0.2) is 0 Å². The van der Waals surface area contributed by atoms with Gasteiger partial charge >= 0.3 is 0 Å². The molecule has 0 aliphatic heterocycles. The van der Waals surface area contributed by atoms with Gasteiger partial charge in [-0.25, -0.2) is 15.4 Å². The SMILES string of the molecule is CONC(=O)c1ccc2nc(C)c(C)nc2c1. The van der Waals surface area contributed by atoms with Crippen molar-refractivity contribution in [2.24, 2.45) is 0 Å². The monoisotopic (exact) mass is 231 g/mol. The summed E-state index contributed by atoms with van der Waals surface area (Å²) in [6.45, 7) is 3.80. The van der Waals surface area contributed by atoms with Gasteiger partial charge in [0.25, 0.3) is 5.91 Å². The fourth-order valence-electron chi connectivity index (χ4n) is 1.52. The van der Waals surface area contributed by atoms with Crippen LogP contribution in [0.1, 0.15) is 21.7 Å². The largest absolute Gasteiger partial charge is 0.277 e. The van der Waals surface area contributed by atoms with Gasteiger partial charge in [0, 0.05) is 5.56 Å². The number of benzene rings is 1. The topological polar surface area (TPSA) is 64.1 Å². The highest BCUT2D eigenvalue weighted by atomic mass is 16.6. The maximum atomic E-state index is 11.6. The predicted molar refractivity (Wildman–Crippen MR) is 63.5 cm³/mol. The molecule has 0 aliphatic carbocycles. The normalized spacial score (nSPS) is 10.5. The van der Waals surface area contributed by atoms with Gasteiger partial charge in [0.05, 0.1) is 29.5 Å². The molecule has 2 aromatic rings. The summed E-state index contributed by atoms with van der Waals surface area (Å²) in [5.41, 5.74) is 6.01. The molecule has 5 heteroatoms. The van der Waals surface area contributed by atoms with Gasteiger partial charge < -0.3 is 0 Å². The number of fused-ring (bicyclic) bond motifs is 1. The fourth-order valence-corrected chi connectivity index (χ4v) is 1.52. The third-order valence-corrected chi connectivity index (χ3v) is 2.53. The van der Waals surface area contributed by atoms with E-state index in [0.717, 1.165) is 16.9 Å². The lowest BCUT2D eigenvalue weighted by atomic mass is 10.1. The van der Waals surface area contributed by atoms with Crippen molar-refractivity contribution in [3.63, 3.8) is 0 Å². The number of rotatable bonds is 2. The summed E-state index contributed by atoms with van der Waals surface area (Å²) in [5, 5.41) is 0. The quantitative estimate of drug-likeness (QED) is 0.796. The highest BCUT2D eigenvalue weighted by molar-refractivity contribution is 5.96. The van der Waals surface area contributed by atoms with Crippen molar-refractivity contribution in [2.75, 3.05) is 7.11 Å². The van der Waals surface area contributed by atoms with Crippen molar-refractivity contribution in [1.82, 2.24) is 15.4 Å². The van der Waals surface area contributed by atoms with Crippen LogP contribution in [0.25, 0.3) is 11.0 Å². The molecule has 0 unspecified atom stereocenters. The summed E-state index contributed by atoms with van der Waals surface area (Å²) in [6, 6.07) is 5.17. The van der Waals surface area contributed by atoms with E-state index in [0.29, 0.717) is 11.1 Å². The lowest BCUT2D eigenvalue weighted by Gasteiger charge is -2.05. The highest BCUT2D eigenvalue weighted by Crippen LogP contribution is 2.14. The summed E-state index contributed by atoms with van der Waals surface area (Å²) >= 11 is 0. The van der Waals surface area contributed by atoms with Crippen LogP contribution in [0.15, 0.2) is 18.2 Å². The van der Waals surface area contributed by atoms with Crippen LogP contribution in [0.3, 0.4) is 0 Å². The zero-order chi connectivity index (χ0) is 12.4. The highest BCUT2D eigenvalue weighted by Gasteiger charge is 2.08. The molecular weight excluding hydrogens is 218 g/mol. The second-order valence-electron chi connectivity index (χ2n) is 3.73. The fraction of sp³-hybridized carbons (Fsp3) is 0.250. The zero-order valence-corrected chi connectivity index (χ0v) is 9.94. The molecule has 0 saturated heterocycles. The number of hydrogen-bond acceptors (Lipinski definition) is 4. The number of amides is 1. The number of nitrogens with one attached hydrogen (secondary N) is 1. The molecule has 1 aromatic heterocycles. The van der Waals surface area contributed by atoms with E-state index in [1.807, 2.05) is 13.8 Å². The first kappa shape index (κ1) is 11.5. The zero-order valence-electron chi connectivity index (χ0n) is 9.94. The van der Waals surface area contributed by atoms with Crippen LogP contribution in [0.4, 0.5) is 0 Å². The number of aryl methyl sites for hydroxylation is 2. The minimum atomic E-state index is -0.297. The average molecular weight is 231 g/mol. The van der Waals surface area contributed by atoms with Crippen LogP contribution in [0.5, 0.6) is 0 Å². The van der Waals surface area contributed by atoms with Gasteiger partial charge in [0.1, 0.15) is 0 Å². The molecule has 0 atom stereocenters. The second kappa shape index (κ2) is 4.47. The van der Waals surface area contributed by atoms with Crippen LogP contribution in [-0.2, 0) is 4.84 Å². The Bertz CT molecular complexity index is 581. The number of carbonyl (C=O) groups is 1. The molecule has 0 spiro atoms. The van der Waals surface area contributed by atoms with Crippen molar-refractivity contribution >= 4 is 16.9 Å². The maximum Gasteiger partial charge on any atom is 0.274 e. The molecule has 0 fully saturated rings. The smallest absolute Gasteiger partial charge is 0.274 e. The summed E-state index contributed by atoms with van der Waals surface area (Å²) in [7, 11) is 1.40. The van der Waals surface area contributed by atoms with Gasteiger partial charge in [-0.2, -0.15) is 0 Å². The van der Waals surface area contributed by atoms with Crippen LogP contribution in [0.2, 0.25) is 0 Å². The Morgan fingerprint density at radius 3 is 2.47 bits per heavy atom. The Hall–Kier alpha value is -2.01. The first-order valence-corrected chi connectivity index (χ1v) is 5.20. The van der Waals surface area contributed by atoms with E-state index in [4.69, 9.17) is 0 Å². The van der Waals surface area contributed by atoms with Crippen LogP contribution < -0.4 is 5.48 Å². The molecule has 0 radical (unpaired) electrons. The van der Waals surface area contributed by atoms with Gasteiger partial charge in [0.2, 0.25) is 0 Å². The average Bonchev–Trinajstić information content (AvgIpc) is 2.30. The molecule has 0 bridgehead atoms. The van der Waals surface area contributed by atoms with Crippen LogP contribution >= 0.6 is 0 Å². The van der Waals surface area contributed by atoms with E-state index in [1.165, 1.54) is 7.11 Å². The molecule has 1 heterocycles. The van der Waals surface area contributed by atoms with Crippen molar-refractivity contribution in [3.8, 4) is 0 Å². The molecule has 1 aromatic carbocycles. The number of hydroxylamine groups is 1. The molecule has 0 aliphatic rings. The molecule has 5 nitrogen and oxygen atoms in total. The summed E-state index contributed by atoms with van der Waals surface area (Å²) in [6.07, 6.45) is 0. The van der Waals surface area contributed by atoms with E-state index >= 15 is 0 Å². The summed E-state index contributed by atoms with van der Waals surface area (Å²) in [4.78, 5) is 24.9. The van der Waals surface area contributed by atoms with Crippen LogP contribution in [0, 0.1) is 13.8 Å². The maximum absolute atomic E-state index is 11.6.